The Balaban J connectivity index is 1.54. The molecule has 4 rings (SSSR count). The molecule has 8 heteroatoms. The van der Waals surface area contributed by atoms with Crippen molar-refractivity contribution < 1.29 is 0 Å². The number of pyridine rings is 1. The Kier molecular flexibility index (Phi) is 4.64. The van der Waals surface area contributed by atoms with E-state index in [2.05, 4.69) is 25.4 Å². The molecule has 1 N–H and O–H groups in total. The molecule has 0 fully saturated rings. The molecule has 4 aromatic rings. The highest BCUT2D eigenvalue weighted by atomic mass is 35.5. The van der Waals surface area contributed by atoms with Crippen molar-refractivity contribution in [1.82, 2.24) is 29.9 Å². The largest absolute Gasteiger partial charge is 0.336 e. The van der Waals surface area contributed by atoms with E-state index in [1.807, 2.05) is 47.2 Å². The molecule has 0 atom stereocenters. The van der Waals surface area contributed by atoms with Crippen molar-refractivity contribution in [3.63, 3.8) is 0 Å². The van der Waals surface area contributed by atoms with Crippen LogP contribution < -0.4 is 0 Å². The van der Waals surface area contributed by atoms with Crippen molar-refractivity contribution in [1.29, 1.82) is 5.26 Å². The van der Waals surface area contributed by atoms with Crippen LogP contribution in [0.2, 0.25) is 5.02 Å². The van der Waals surface area contributed by atoms with Crippen LogP contribution in [0.15, 0.2) is 55.1 Å². The molecule has 0 spiro atoms. The zero-order valence-electron chi connectivity index (χ0n) is 14.2. The molecule has 27 heavy (non-hydrogen) atoms. The average Bonchev–Trinajstić information content (AvgIpc) is 3.37. The molecule has 0 saturated carbocycles. The third kappa shape index (κ3) is 3.57. The van der Waals surface area contributed by atoms with Crippen molar-refractivity contribution in [2.24, 2.45) is 0 Å². The lowest BCUT2D eigenvalue weighted by molar-refractivity contribution is 0.696. The Morgan fingerprint density at radius 2 is 2.00 bits per heavy atom. The summed E-state index contributed by atoms with van der Waals surface area (Å²) in [5.74, 6) is 0. The van der Waals surface area contributed by atoms with Gasteiger partial charge in [-0.05, 0) is 30.2 Å². The Bertz CT molecular complexity index is 1120. The predicted molar refractivity (Wildman–Crippen MR) is 101 cm³/mol. The van der Waals surface area contributed by atoms with Crippen LogP contribution in [0.5, 0.6) is 0 Å². The number of aromatic nitrogens is 6. The molecule has 0 bridgehead atoms. The number of nitriles is 1. The van der Waals surface area contributed by atoms with Crippen LogP contribution in [-0.2, 0) is 13.0 Å². The Morgan fingerprint density at radius 3 is 2.85 bits per heavy atom. The van der Waals surface area contributed by atoms with E-state index in [9.17, 15) is 0 Å². The quantitative estimate of drug-likeness (QED) is 0.576. The topological polar surface area (TPSA) is 96.1 Å². The summed E-state index contributed by atoms with van der Waals surface area (Å²) < 4.78 is 2.00. The summed E-state index contributed by atoms with van der Waals surface area (Å²) in [4.78, 5) is 8.83. The standard InChI is InChI=1S/C19H14ClN7/c20-15-4-2-1-3-13(15)6-8-27-11-18(23-12-27)16-9-14(5-7-22-16)19-17(10-21)24-26-25-19/h1-5,7,9,11-12H,6,8H2,(H,24,25,26). The minimum Gasteiger partial charge on any atom is -0.336 e. The molecular weight excluding hydrogens is 362 g/mol. The van der Waals surface area contributed by atoms with Gasteiger partial charge in [-0.25, -0.2) is 4.98 Å². The number of rotatable bonds is 5. The maximum absolute atomic E-state index is 9.12. The van der Waals surface area contributed by atoms with Gasteiger partial charge in [0.2, 0.25) is 0 Å². The van der Waals surface area contributed by atoms with Crippen molar-refractivity contribution >= 4 is 11.6 Å². The van der Waals surface area contributed by atoms with E-state index in [1.54, 1.807) is 18.6 Å². The van der Waals surface area contributed by atoms with Gasteiger partial charge in [0.15, 0.2) is 5.69 Å². The molecule has 0 radical (unpaired) electrons. The highest BCUT2D eigenvalue weighted by Gasteiger charge is 2.12. The van der Waals surface area contributed by atoms with Gasteiger partial charge in [-0.3, -0.25) is 4.98 Å². The average molecular weight is 376 g/mol. The second-order valence-electron chi connectivity index (χ2n) is 5.90. The highest BCUT2D eigenvalue weighted by molar-refractivity contribution is 6.31. The molecule has 1 aromatic carbocycles. The summed E-state index contributed by atoms with van der Waals surface area (Å²) in [6.45, 7) is 0.762. The molecular formula is C19H14ClN7. The summed E-state index contributed by atoms with van der Waals surface area (Å²) in [5, 5.41) is 20.2. The first-order valence-electron chi connectivity index (χ1n) is 8.27. The van der Waals surface area contributed by atoms with E-state index in [-0.39, 0.29) is 5.69 Å². The normalized spacial score (nSPS) is 10.7. The molecule has 0 aliphatic rings. The summed E-state index contributed by atoms with van der Waals surface area (Å²) in [7, 11) is 0. The smallest absolute Gasteiger partial charge is 0.190 e. The minimum absolute atomic E-state index is 0.248. The predicted octanol–water partition coefficient (Wildman–Crippen LogP) is 3.50. The van der Waals surface area contributed by atoms with E-state index in [1.165, 1.54) is 0 Å². The van der Waals surface area contributed by atoms with Crippen molar-refractivity contribution in [2.75, 3.05) is 0 Å². The van der Waals surface area contributed by atoms with E-state index < -0.39 is 0 Å². The number of hydrogen-bond donors (Lipinski definition) is 1. The maximum atomic E-state index is 9.12. The minimum atomic E-state index is 0.248. The monoisotopic (exact) mass is 375 g/mol. The summed E-state index contributed by atoms with van der Waals surface area (Å²) >= 11 is 6.21. The molecule has 0 aliphatic carbocycles. The van der Waals surface area contributed by atoms with Gasteiger partial charge < -0.3 is 4.57 Å². The van der Waals surface area contributed by atoms with Gasteiger partial charge in [-0.15, -0.1) is 5.10 Å². The second-order valence-corrected chi connectivity index (χ2v) is 6.31. The van der Waals surface area contributed by atoms with E-state index >= 15 is 0 Å². The molecule has 0 unspecified atom stereocenters. The van der Waals surface area contributed by atoms with Gasteiger partial charge in [0.25, 0.3) is 0 Å². The van der Waals surface area contributed by atoms with Gasteiger partial charge in [-0.1, -0.05) is 29.8 Å². The lowest BCUT2D eigenvalue weighted by atomic mass is 10.1. The van der Waals surface area contributed by atoms with Crippen LogP contribution in [0.25, 0.3) is 22.6 Å². The first kappa shape index (κ1) is 16.9. The second kappa shape index (κ2) is 7.40. The third-order valence-corrected chi connectivity index (χ3v) is 4.55. The number of halogens is 1. The van der Waals surface area contributed by atoms with Gasteiger partial charge in [0.1, 0.15) is 17.5 Å². The van der Waals surface area contributed by atoms with Gasteiger partial charge in [0, 0.05) is 29.5 Å². The Morgan fingerprint density at radius 1 is 1.11 bits per heavy atom. The van der Waals surface area contributed by atoms with E-state index in [0.29, 0.717) is 11.4 Å². The molecule has 0 aliphatic heterocycles. The first-order valence-corrected chi connectivity index (χ1v) is 8.65. The number of nitrogens with zero attached hydrogens (tertiary/aromatic N) is 6. The fraction of sp³-hybridized carbons (Fsp3) is 0.105. The van der Waals surface area contributed by atoms with E-state index in [0.717, 1.165) is 34.8 Å². The molecule has 0 amide bonds. The van der Waals surface area contributed by atoms with E-state index in [4.69, 9.17) is 16.9 Å². The van der Waals surface area contributed by atoms with Gasteiger partial charge >= 0.3 is 0 Å². The summed E-state index contributed by atoms with van der Waals surface area (Å²) in [5.41, 5.74) is 4.06. The zero-order valence-corrected chi connectivity index (χ0v) is 14.9. The SMILES string of the molecule is N#Cc1n[nH]nc1-c1ccnc(-c2cn(CCc3ccccc3Cl)cn2)c1. The lowest BCUT2D eigenvalue weighted by Crippen LogP contribution is -1.98. The molecule has 3 aromatic heterocycles. The Labute approximate surface area is 160 Å². The van der Waals surface area contributed by atoms with Crippen LogP contribution in [0.4, 0.5) is 0 Å². The van der Waals surface area contributed by atoms with Crippen LogP contribution in [0.1, 0.15) is 11.3 Å². The van der Waals surface area contributed by atoms with Crippen molar-refractivity contribution in [3.8, 4) is 28.7 Å². The van der Waals surface area contributed by atoms with Crippen molar-refractivity contribution in [3.05, 3.63) is 71.4 Å². The van der Waals surface area contributed by atoms with Crippen LogP contribution in [0, 0.1) is 11.3 Å². The summed E-state index contributed by atoms with van der Waals surface area (Å²) in [6.07, 6.45) is 6.20. The molecule has 0 saturated heterocycles. The van der Waals surface area contributed by atoms with Crippen LogP contribution in [0.3, 0.4) is 0 Å². The lowest BCUT2D eigenvalue weighted by Gasteiger charge is -2.04. The number of aryl methyl sites for hydroxylation is 2. The van der Waals surface area contributed by atoms with Crippen LogP contribution >= 0.6 is 11.6 Å². The number of hydrogen-bond acceptors (Lipinski definition) is 5. The first-order chi connectivity index (χ1) is 13.2. The number of benzene rings is 1. The number of nitrogens with one attached hydrogen (secondary N) is 1. The number of aromatic amines is 1. The number of H-pyrrole nitrogens is 1. The molecule has 3 heterocycles. The molecule has 132 valence electrons. The zero-order chi connectivity index (χ0) is 18.6. The fourth-order valence-corrected chi connectivity index (χ4v) is 3.02. The summed E-state index contributed by atoms with van der Waals surface area (Å²) in [6, 6.07) is 13.5. The number of imidazole rings is 1. The third-order valence-electron chi connectivity index (χ3n) is 4.18. The van der Waals surface area contributed by atoms with Gasteiger partial charge in [0.05, 0.1) is 12.0 Å². The molecule has 7 nitrogen and oxygen atoms in total. The van der Waals surface area contributed by atoms with Crippen molar-refractivity contribution in [2.45, 2.75) is 13.0 Å². The van der Waals surface area contributed by atoms with Gasteiger partial charge in [-0.2, -0.15) is 15.6 Å². The fourth-order valence-electron chi connectivity index (χ4n) is 2.79. The highest BCUT2D eigenvalue weighted by Crippen LogP contribution is 2.24. The maximum Gasteiger partial charge on any atom is 0.190 e. The Hall–Kier alpha value is -3.50. The van der Waals surface area contributed by atoms with Crippen LogP contribution in [-0.4, -0.2) is 29.9 Å².